The molecule has 1 aromatic carbocycles. The molecule has 2 fully saturated rings. The molecule has 5 rings (SSSR count). The largest absolute Gasteiger partial charge is 0.446 e. The standard InChI is InChI=1S/C23H26N4O4/c1-23(20-3-2-4-21(28)25-20)8-9-26(13-23)15-31-22(29)16-5-6-18-19(11-16)27(14-24-18)12-17-7-10-30-17/h2-6,11,14,17H,7-10,12-13,15H2,1H3,(H,25,28)/t17-,23?/m0/s1. The van der Waals surface area contributed by atoms with Crippen molar-refractivity contribution in [2.45, 2.75) is 37.8 Å². The minimum absolute atomic E-state index is 0.0953. The van der Waals surface area contributed by atoms with Crippen LogP contribution in [0.3, 0.4) is 0 Å². The maximum Gasteiger partial charge on any atom is 0.339 e. The Morgan fingerprint density at radius 1 is 1.35 bits per heavy atom. The molecule has 0 radical (unpaired) electrons. The summed E-state index contributed by atoms with van der Waals surface area (Å²) < 4.78 is 13.2. The molecule has 0 saturated carbocycles. The van der Waals surface area contributed by atoms with E-state index >= 15 is 0 Å². The topological polar surface area (TPSA) is 89.5 Å². The second kappa shape index (κ2) is 7.94. The smallest absolute Gasteiger partial charge is 0.339 e. The van der Waals surface area contributed by atoms with Gasteiger partial charge in [0.25, 0.3) is 0 Å². The Balaban J connectivity index is 1.23. The number of nitrogens with zero attached hydrogens (tertiary/aromatic N) is 3. The van der Waals surface area contributed by atoms with Gasteiger partial charge < -0.3 is 19.0 Å². The third-order valence-electron chi connectivity index (χ3n) is 6.40. The molecule has 31 heavy (non-hydrogen) atoms. The maximum absolute atomic E-state index is 12.7. The summed E-state index contributed by atoms with van der Waals surface area (Å²) in [5, 5.41) is 0. The molecule has 2 aromatic heterocycles. The summed E-state index contributed by atoms with van der Waals surface area (Å²) in [4.78, 5) is 33.8. The number of carbonyl (C=O) groups excluding carboxylic acids is 1. The number of imidazole rings is 1. The fourth-order valence-electron chi connectivity index (χ4n) is 4.40. The number of carbonyl (C=O) groups is 1. The summed E-state index contributed by atoms with van der Waals surface area (Å²) >= 11 is 0. The zero-order valence-electron chi connectivity index (χ0n) is 17.5. The molecule has 1 N–H and O–H groups in total. The predicted octanol–water partition coefficient (Wildman–Crippen LogP) is 2.29. The van der Waals surface area contributed by atoms with E-state index in [4.69, 9.17) is 9.47 Å². The number of pyridine rings is 1. The van der Waals surface area contributed by atoms with E-state index < -0.39 is 0 Å². The van der Waals surface area contributed by atoms with Crippen LogP contribution in [0.15, 0.2) is 47.5 Å². The Morgan fingerprint density at radius 2 is 2.23 bits per heavy atom. The molecule has 162 valence electrons. The molecule has 8 nitrogen and oxygen atoms in total. The Morgan fingerprint density at radius 3 is 3.00 bits per heavy atom. The van der Waals surface area contributed by atoms with Crippen LogP contribution in [0.1, 0.15) is 35.8 Å². The van der Waals surface area contributed by atoms with Gasteiger partial charge in [0, 0.05) is 36.9 Å². The van der Waals surface area contributed by atoms with Gasteiger partial charge in [-0.3, -0.25) is 9.69 Å². The highest BCUT2D eigenvalue weighted by molar-refractivity contribution is 5.93. The molecule has 0 aliphatic carbocycles. The van der Waals surface area contributed by atoms with Crippen molar-refractivity contribution in [3.63, 3.8) is 0 Å². The SMILES string of the molecule is CC1(c2cccc(=O)[nH]2)CCN(COC(=O)c2ccc3ncn(C[C@@H]4CCO4)c3c2)C1. The van der Waals surface area contributed by atoms with Crippen molar-refractivity contribution in [2.24, 2.45) is 0 Å². The number of nitrogens with one attached hydrogen (secondary N) is 1. The van der Waals surface area contributed by atoms with E-state index in [0.29, 0.717) is 12.1 Å². The molecule has 8 heteroatoms. The summed E-state index contributed by atoms with van der Waals surface area (Å²) in [5.74, 6) is -0.351. The number of aromatic amines is 1. The van der Waals surface area contributed by atoms with Crippen molar-refractivity contribution in [1.29, 1.82) is 0 Å². The number of hydrogen-bond acceptors (Lipinski definition) is 6. The number of ether oxygens (including phenoxy) is 2. The summed E-state index contributed by atoms with van der Waals surface area (Å²) in [6.07, 6.45) is 3.95. The Labute approximate surface area is 179 Å². The van der Waals surface area contributed by atoms with Crippen molar-refractivity contribution < 1.29 is 14.3 Å². The van der Waals surface area contributed by atoms with Crippen LogP contribution < -0.4 is 5.56 Å². The van der Waals surface area contributed by atoms with Crippen LogP contribution in [-0.4, -0.2) is 57.9 Å². The highest BCUT2D eigenvalue weighted by Gasteiger charge is 2.36. The number of likely N-dealkylation sites (tertiary alicyclic amines) is 1. The van der Waals surface area contributed by atoms with E-state index in [0.717, 1.165) is 49.3 Å². The quantitative estimate of drug-likeness (QED) is 0.613. The first-order chi connectivity index (χ1) is 15.0. The zero-order chi connectivity index (χ0) is 21.4. The first-order valence-corrected chi connectivity index (χ1v) is 10.7. The predicted molar refractivity (Wildman–Crippen MR) is 115 cm³/mol. The third kappa shape index (κ3) is 4.00. The summed E-state index contributed by atoms with van der Waals surface area (Å²) in [7, 11) is 0. The van der Waals surface area contributed by atoms with Gasteiger partial charge in [0.1, 0.15) is 6.73 Å². The van der Waals surface area contributed by atoms with Gasteiger partial charge in [-0.1, -0.05) is 13.0 Å². The molecule has 2 aliphatic heterocycles. The second-order valence-electron chi connectivity index (χ2n) is 8.73. The van der Waals surface area contributed by atoms with Crippen LogP contribution in [0.2, 0.25) is 0 Å². The first-order valence-electron chi connectivity index (χ1n) is 10.7. The van der Waals surface area contributed by atoms with Gasteiger partial charge in [0.15, 0.2) is 0 Å². The van der Waals surface area contributed by atoms with Crippen LogP contribution in [-0.2, 0) is 21.4 Å². The molecular formula is C23H26N4O4. The number of H-pyrrole nitrogens is 1. The normalized spacial score (nSPS) is 23.7. The van der Waals surface area contributed by atoms with Crippen LogP contribution in [0.4, 0.5) is 0 Å². The third-order valence-corrected chi connectivity index (χ3v) is 6.40. The average molecular weight is 422 g/mol. The lowest BCUT2D eigenvalue weighted by atomic mass is 9.85. The van der Waals surface area contributed by atoms with Crippen molar-refractivity contribution in [3.05, 3.63) is 64.3 Å². The minimum atomic E-state index is -0.351. The lowest BCUT2D eigenvalue weighted by Gasteiger charge is -2.26. The monoisotopic (exact) mass is 422 g/mol. The van der Waals surface area contributed by atoms with E-state index in [1.54, 1.807) is 18.5 Å². The van der Waals surface area contributed by atoms with Gasteiger partial charge in [-0.25, -0.2) is 9.78 Å². The number of aromatic nitrogens is 3. The number of rotatable bonds is 6. The van der Waals surface area contributed by atoms with E-state index in [2.05, 4.69) is 21.8 Å². The van der Waals surface area contributed by atoms with E-state index in [-0.39, 0.29) is 29.8 Å². The summed E-state index contributed by atoms with van der Waals surface area (Å²) in [6.45, 7) is 5.41. The van der Waals surface area contributed by atoms with E-state index in [9.17, 15) is 9.59 Å². The fourth-order valence-corrected chi connectivity index (χ4v) is 4.40. The number of fused-ring (bicyclic) bond motifs is 1. The second-order valence-corrected chi connectivity index (χ2v) is 8.73. The van der Waals surface area contributed by atoms with Crippen molar-refractivity contribution in [3.8, 4) is 0 Å². The molecule has 0 amide bonds. The molecule has 4 heterocycles. The molecule has 3 aromatic rings. The van der Waals surface area contributed by atoms with E-state index in [1.807, 2.05) is 22.8 Å². The highest BCUT2D eigenvalue weighted by atomic mass is 16.5. The summed E-state index contributed by atoms with van der Waals surface area (Å²) in [6, 6.07) is 10.7. The lowest BCUT2D eigenvalue weighted by Crippen LogP contribution is -2.32. The molecule has 2 saturated heterocycles. The molecule has 2 atom stereocenters. The van der Waals surface area contributed by atoms with Crippen LogP contribution in [0.5, 0.6) is 0 Å². The minimum Gasteiger partial charge on any atom is -0.446 e. The lowest BCUT2D eigenvalue weighted by molar-refractivity contribution is -0.0586. The van der Waals surface area contributed by atoms with E-state index in [1.165, 1.54) is 6.07 Å². The van der Waals surface area contributed by atoms with Gasteiger partial charge in [0.05, 0.1) is 35.6 Å². The number of benzene rings is 1. The molecular weight excluding hydrogens is 396 g/mol. The van der Waals surface area contributed by atoms with Gasteiger partial charge in [-0.05, 0) is 37.1 Å². The van der Waals surface area contributed by atoms with Crippen LogP contribution >= 0.6 is 0 Å². The Hall–Kier alpha value is -2.97. The van der Waals surface area contributed by atoms with Crippen molar-refractivity contribution >= 4 is 17.0 Å². The van der Waals surface area contributed by atoms with Crippen molar-refractivity contribution in [2.75, 3.05) is 26.4 Å². The highest BCUT2D eigenvalue weighted by Crippen LogP contribution is 2.32. The average Bonchev–Trinajstić information content (AvgIpc) is 3.32. The maximum atomic E-state index is 12.7. The van der Waals surface area contributed by atoms with Gasteiger partial charge in [0.2, 0.25) is 5.56 Å². The fraction of sp³-hybridized carbons (Fsp3) is 0.435. The Kier molecular flexibility index (Phi) is 5.11. The zero-order valence-corrected chi connectivity index (χ0v) is 17.5. The van der Waals surface area contributed by atoms with Gasteiger partial charge in [-0.15, -0.1) is 0 Å². The molecule has 2 aliphatic rings. The van der Waals surface area contributed by atoms with Crippen LogP contribution in [0.25, 0.3) is 11.0 Å². The molecule has 0 spiro atoms. The van der Waals surface area contributed by atoms with Gasteiger partial charge in [-0.2, -0.15) is 0 Å². The van der Waals surface area contributed by atoms with Gasteiger partial charge >= 0.3 is 5.97 Å². The number of esters is 1. The molecule has 1 unspecified atom stereocenters. The first kappa shape index (κ1) is 20.0. The summed E-state index contributed by atoms with van der Waals surface area (Å²) in [5.41, 5.74) is 2.93. The number of hydrogen-bond donors (Lipinski definition) is 1. The van der Waals surface area contributed by atoms with Crippen molar-refractivity contribution in [1.82, 2.24) is 19.4 Å². The molecule has 0 bridgehead atoms. The Bertz CT molecular complexity index is 1170. The van der Waals surface area contributed by atoms with Crippen LogP contribution in [0, 0.1) is 0 Å².